The lowest BCUT2D eigenvalue weighted by Crippen LogP contribution is -2.13. The lowest BCUT2D eigenvalue weighted by atomic mass is 10.1. The molecule has 2 aromatic heterocycles. The molecule has 2 heterocycles. The highest BCUT2D eigenvalue weighted by atomic mass is 16.5. The lowest BCUT2D eigenvalue weighted by Gasteiger charge is -2.04. The summed E-state index contributed by atoms with van der Waals surface area (Å²) in [6.07, 6.45) is 3.69. The van der Waals surface area contributed by atoms with Crippen molar-refractivity contribution in [1.29, 1.82) is 0 Å². The average Bonchev–Trinajstić information content (AvgIpc) is 2.67. The van der Waals surface area contributed by atoms with Crippen LogP contribution >= 0.6 is 0 Å². The van der Waals surface area contributed by atoms with Gasteiger partial charge >= 0.3 is 0 Å². The van der Waals surface area contributed by atoms with Crippen LogP contribution < -0.4 is 5.32 Å². The highest BCUT2D eigenvalue weighted by molar-refractivity contribution is 5.21. The molecule has 0 fully saturated rings. The van der Waals surface area contributed by atoms with E-state index in [1.165, 1.54) is 11.1 Å². The maximum atomic E-state index is 5.10. The topological polar surface area (TPSA) is 51.0 Å². The summed E-state index contributed by atoms with van der Waals surface area (Å²) in [7, 11) is 0. The van der Waals surface area contributed by atoms with Gasteiger partial charge in [-0.2, -0.15) is 0 Å². The summed E-state index contributed by atoms with van der Waals surface area (Å²) in [5.74, 6) is 0.860. The zero-order valence-corrected chi connectivity index (χ0v) is 9.53. The first-order valence-corrected chi connectivity index (χ1v) is 5.28. The van der Waals surface area contributed by atoms with Crippen LogP contribution in [0.5, 0.6) is 0 Å². The minimum absolute atomic E-state index is 0.690. The normalized spacial score (nSPS) is 10.6. The fourth-order valence-corrected chi connectivity index (χ4v) is 1.50. The number of nitrogens with zero attached hydrogens (tertiary/aromatic N) is 2. The highest BCUT2D eigenvalue weighted by Gasteiger charge is 2.01. The monoisotopic (exact) mass is 217 g/mol. The number of pyridine rings is 1. The molecule has 0 saturated heterocycles. The molecule has 0 bridgehead atoms. The number of nitrogens with one attached hydrogen (secondary N) is 1. The smallest absolute Gasteiger partial charge is 0.150 e. The van der Waals surface area contributed by atoms with Crippen LogP contribution in [0.3, 0.4) is 0 Å². The fourth-order valence-electron chi connectivity index (χ4n) is 1.50. The van der Waals surface area contributed by atoms with Crippen molar-refractivity contribution in [2.75, 3.05) is 0 Å². The quantitative estimate of drug-likeness (QED) is 0.850. The van der Waals surface area contributed by atoms with E-state index >= 15 is 0 Å². The van der Waals surface area contributed by atoms with Gasteiger partial charge in [-0.05, 0) is 31.0 Å². The second kappa shape index (κ2) is 4.90. The molecule has 0 aliphatic heterocycles. The van der Waals surface area contributed by atoms with Gasteiger partial charge in [-0.3, -0.25) is 4.98 Å². The van der Waals surface area contributed by atoms with Gasteiger partial charge in [-0.25, -0.2) is 0 Å². The second-order valence-corrected chi connectivity index (χ2v) is 3.84. The molecule has 0 aliphatic carbocycles. The predicted molar refractivity (Wildman–Crippen MR) is 60.8 cm³/mol. The maximum Gasteiger partial charge on any atom is 0.150 e. The minimum Gasteiger partial charge on any atom is -0.360 e. The number of aryl methyl sites for hydroxylation is 2. The van der Waals surface area contributed by atoms with Crippen LogP contribution in [0.25, 0.3) is 0 Å². The molecule has 2 aromatic rings. The summed E-state index contributed by atoms with van der Waals surface area (Å²) in [6, 6.07) is 3.94. The van der Waals surface area contributed by atoms with Crippen molar-refractivity contribution in [1.82, 2.24) is 15.5 Å². The van der Waals surface area contributed by atoms with E-state index in [0.717, 1.165) is 18.0 Å². The Morgan fingerprint density at radius 2 is 2.19 bits per heavy atom. The van der Waals surface area contributed by atoms with E-state index in [2.05, 4.69) is 22.4 Å². The highest BCUT2D eigenvalue weighted by Crippen LogP contribution is 2.05. The summed E-state index contributed by atoms with van der Waals surface area (Å²) < 4.78 is 5.10. The number of hydrogen-bond donors (Lipinski definition) is 1. The van der Waals surface area contributed by atoms with Crippen LogP contribution in [-0.4, -0.2) is 10.1 Å². The Balaban J connectivity index is 1.87. The summed E-state index contributed by atoms with van der Waals surface area (Å²) >= 11 is 0. The van der Waals surface area contributed by atoms with Gasteiger partial charge in [-0.15, -0.1) is 0 Å². The van der Waals surface area contributed by atoms with Gasteiger partial charge in [0.05, 0.1) is 12.2 Å². The molecule has 0 saturated carbocycles. The van der Waals surface area contributed by atoms with Crippen molar-refractivity contribution in [3.8, 4) is 0 Å². The Hall–Kier alpha value is -1.68. The Morgan fingerprint density at radius 3 is 2.88 bits per heavy atom. The first-order chi connectivity index (χ1) is 7.75. The molecule has 0 unspecified atom stereocenters. The average molecular weight is 217 g/mol. The molecule has 0 radical (unpaired) electrons. The maximum absolute atomic E-state index is 5.10. The van der Waals surface area contributed by atoms with Gasteiger partial charge < -0.3 is 9.84 Å². The van der Waals surface area contributed by atoms with E-state index in [-0.39, 0.29) is 0 Å². The Labute approximate surface area is 94.7 Å². The third kappa shape index (κ3) is 2.67. The molecule has 0 aromatic carbocycles. The van der Waals surface area contributed by atoms with Gasteiger partial charge in [0.1, 0.15) is 0 Å². The Kier molecular flexibility index (Phi) is 3.31. The van der Waals surface area contributed by atoms with Crippen molar-refractivity contribution < 1.29 is 4.52 Å². The molecule has 2 rings (SSSR count). The van der Waals surface area contributed by atoms with Gasteiger partial charge in [0.15, 0.2) is 5.76 Å². The Bertz CT molecular complexity index is 465. The molecule has 0 atom stereocenters. The molecule has 0 spiro atoms. The summed E-state index contributed by atoms with van der Waals surface area (Å²) in [5.41, 5.74) is 3.37. The zero-order valence-electron chi connectivity index (χ0n) is 9.53. The van der Waals surface area contributed by atoms with Gasteiger partial charge in [0.25, 0.3) is 0 Å². The predicted octanol–water partition coefficient (Wildman–Crippen LogP) is 1.98. The number of hydrogen-bond acceptors (Lipinski definition) is 4. The molecule has 84 valence electrons. The van der Waals surface area contributed by atoms with E-state index < -0.39 is 0 Å². The molecular weight excluding hydrogens is 202 g/mol. The van der Waals surface area contributed by atoms with Gasteiger partial charge in [0.2, 0.25) is 0 Å². The second-order valence-electron chi connectivity index (χ2n) is 3.84. The molecular formula is C12H15N3O. The van der Waals surface area contributed by atoms with Crippen LogP contribution in [0.4, 0.5) is 0 Å². The van der Waals surface area contributed by atoms with Crippen molar-refractivity contribution in [3.63, 3.8) is 0 Å². The van der Waals surface area contributed by atoms with E-state index in [9.17, 15) is 0 Å². The SMILES string of the molecule is Cc1cc(CNCc2cnccc2C)on1. The molecule has 1 N–H and O–H groups in total. The first-order valence-electron chi connectivity index (χ1n) is 5.28. The standard InChI is InChI=1S/C12H15N3O/c1-9-3-4-13-6-11(9)7-14-8-12-5-10(2)15-16-12/h3-6,14H,7-8H2,1-2H3. The number of aromatic nitrogens is 2. The molecule has 0 aliphatic rings. The lowest BCUT2D eigenvalue weighted by molar-refractivity contribution is 0.369. The first kappa shape index (κ1) is 10.8. The molecule has 0 amide bonds. The third-order valence-corrected chi connectivity index (χ3v) is 2.44. The van der Waals surface area contributed by atoms with E-state index in [0.29, 0.717) is 6.54 Å². The van der Waals surface area contributed by atoms with Crippen molar-refractivity contribution in [2.45, 2.75) is 26.9 Å². The largest absolute Gasteiger partial charge is 0.360 e. The van der Waals surface area contributed by atoms with Gasteiger partial charge in [0, 0.05) is 25.0 Å². The van der Waals surface area contributed by atoms with Gasteiger partial charge in [-0.1, -0.05) is 5.16 Å². The van der Waals surface area contributed by atoms with Crippen molar-refractivity contribution in [2.24, 2.45) is 0 Å². The van der Waals surface area contributed by atoms with Crippen LogP contribution in [0.1, 0.15) is 22.6 Å². The minimum atomic E-state index is 0.690. The Morgan fingerprint density at radius 1 is 1.31 bits per heavy atom. The molecule has 4 heteroatoms. The summed E-state index contributed by atoms with van der Waals surface area (Å²) in [5, 5.41) is 7.13. The van der Waals surface area contributed by atoms with Crippen molar-refractivity contribution >= 4 is 0 Å². The van der Waals surface area contributed by atoms with Crippen molar-refractivity contribution in [3.05, 3.63) is 47.1 Å². The van der Waals surface area contributed by atoms with Crippen LogP contribution in [-0.2, 0) is 13.1 Å². The molecule has 16 heavy (non-hydrogen) atoms. The zero-order chi connectivity index (χ0) is 11.4. The fraction of sp³-hybridized carbons (Fsp3) is 0.333. The van der Waals surface area contributed by atoms with E-state index in [1.54, 1.807) is 6.20 Å². The van der Waals surface area contributed by atoms with E-state index in [1.807, 2.05) is 25.3 Å². The van der Waals surface area contributed by atoms with Crippen LogP contribution in [0.15, 0.2) is 29.0 Å². The molecule has 4 nitrogen and oxygen atoms in total. The van der Waals surface area contributed by atoms with E-state index in [4.69, 9.17) is 4.52 Å². The number of rotatable bonds is 4. The summed E-state index contributed by atoms with van der Waals surface area (Å²) in [6.45, 7) is 5.48. The van der Waals surface area contributed by atoms with Crippen LogP contribution in [0, 0.1) is 13.8 Å². The summed E-state index contributed by atoms with van der Waals surface area (Å²) in [4.78, 5) is 4.10. The third-order valence-electron chi connectivity index (χ3n) is 2.44. The van der Waals surface area contributed by atoms with Crippen LogP contribution in [0.2, 0.25) is 0 Å².